The van der Waals surface area contributed by atoms with Gasteiger partial charge < -0.3 is 4.74 Å². The minimum atomic E-state index is -3.65. The Bertz CT molecular complexity index is 746. The minimum absolute atomic E-state index is 0.115. The molecule has 0 heterocycles. The molecule has 0 aliphatic rings. The van der Waals surface area contributed by atoms with Crippen LogP contribution >= 0.6 is 0 Å². The summed E-state index contributed by atoms with van der Waals surface area (Å²) in [5.41, 5.74) is 1.33. The molecule has 0 radical (unpaired) electrons. The molecule has 5 heteroatoms. The Morgan fingerprint density at radius 1 is 1.10 bits per heavy atom. The van der Waals surface area contributed by atoms with Crippen LogP contribution in [0.3, 0.4) is 0 Å². The molecule has 110 valence electrons. The lowest BCUT2D eigenvalue weighted by Gasteiger charge is -2.06. The van der Waals surface area contributed by atoms with Crippen molar-refractivity contribution in [2.24, 2.45) is 0 Å². The maximum atomic E-state index is 12.2. The highest BCUT2D eigenvalue weighted by molar-refractivity contribution is 7.92. The van der Waals surface area contributed by atoms with Gasteiger partial charge in [0.1, 0.15) is 11.5 Å². The van der Waals surface area contributed by atoms with Crippen molar-refractivity contribution in [1.29, 1.82) is 0 Å². The number of rotatable bonds is 5. The number of carbonyl (C=O) groups excluding carboxylic acids is 1. The fourth-order valence-corrected chi connectivity index (χ4v) is 3.17. The maximum absolute atomic E-state index is 12.2. The Kier molecular flexibility index (Phi) is 4.43. The van der Waals surface area contributed by atoms with E-state index in [1.807, 2.05) is 13.0 Å². The molecule has 0 spiro atoms. The van der Waals surface area contributed by atoms with Crippen LogP contribution in [-0.2, 0) is 9.84 Å². The van der Waals surface area contributed by atoms with Gasteiger partial charge in [-0.05, 0) is 37.3 Å². The molecular weight excluding hydrogens is 288 g/mol. The van der Waals surface area contributed by atoms with Gasteiger partial charge in [0.25, 0.3) is 0 Å². The molecule has 4 nitrogen and oxygen atoms in total. The Hall–Kier alpha value is -2.14. The molecule has 0 N–H and O–H groups in total. The van der Waals surface area contributed by atoms with E-state index in [-0.39, 0.29) is 4.90 Å². The number of aryl methyl sites for hydroxylation is 1. The Balaban J connectivity index is 2.22. The number of Topliss-reactive ketones (excluding diaryl/α,β-unsaturated/α-hetero) is 1. The molecule has 0 saturated heterocycles. The molecule has 0 fully saturated rings. The summed E-state index contributed by atoms with van der Waals surface area (Å²) in [5, 5.41) is 0. The highest BCUT2D eigenvalue weighted by Gasteiger charge is 2.20. The first-order valence-corrected chi connectivity index (χ1v) is 8.04. The van der Waals surface area contributed by atoms with E-state index in [0.29, 0.717) is 11.3 Å². The highest BCUT2D eigenvalue weighted by atomic mass is 32.2. The van der Waals surface area contributed by atoms with Gasteiger partial charge in [-0.15, -0.1) is 0 Å². The average Bonchev–Trinajstić information content (AvgIpc) is 2.47. The van der Waals surface area contributed by atoms with Gasteiger partial charge in [-0.3, -0.25) is 4.79 Å². The number of benzene rings is 2. The summed E-state index contributed by atoms with van der Waals surface area (Å²) in [4.78, 5) is 12.2. The van der Waals surface area contributed by atoms with E-state index in [1.54, 1.807) is 30.3 Å². The largest absolute Gasteiger partial charge is 0.497 e. The second-order valence-corrected chi connectivity index (χ2v) is 6.72. The van der Waals surface area contributed by atoms with Crippen LogP contribution in [-0.4, -0.2) is 27.1 Å². The van der Waals surface area contributed by atoms with Crippen LogP contribution in [0.1, 0.15) is 15.9 Å². The summed E-state index contributed by atoms with van der Waals surface area (Å²) in [7, 11) is -2.15. The van der Waals surface area contributed by atoms with Crippen LogP contribution in [0.15, 0.2) is 53.4 Å². The van der Waals surface area contributed by atoms with Gasteiger partial charge in [-0.1, -0.05) is 23.8 Å². The molecule has 0 saturated carbocycles. The van der Waals surface area contributed by atoms with Crippen LogP contribution < -0.4 is 4.74 Å². The first-order chi connectivity index (χ1) is 9.92. The lowest BCUT2D eigenvalue weighted by atomic mass is 10.1. The van der Waals surface area contributed by atoms with Gasteiger partial charge in [-0.2, -0.15) is 0 Å². The van der Waals surface area contributed by atoms with E-state index in [0.717, 1.165) is 5.56 Å². The number of sulfone groups is 1. The molecule has 0 aliphatic carbocycles. The number of carbonyl (C=O) groups is 1. The van der Waals surface area contributed by atoms with Crippen molar-refractivity contribution in [3.8, 4) is 5.75 Å². The topological polar surface area (TPSA) is 60.4 Å². The Morgan fingerprint density at radius 3 is 2.33 bits per heavy atom. The third-order valence-electron chi connectivity index (χ3n) is 3.08. The van der Waals surface area contributed by atoms with Crippen LogP contribution in [0, 0.1) is 6.92 Å². The number of ketones is 1. The molecule has 0 bridgehead atoms. The molecule has 0 amide bonds. The summed E-state index contributed by atoms with van der Waals surface area (Å²) in [6.07, 6.45) is 0. The molecule has 0 atom stereocenters. The SMILES string of the molecule is COc1ccc(S(=O)(=O)CC(=O)c2cccc(C)c2)cc1. The summed E-state index contributed by atoms with van der Waals surface area (Å²) in [6.45, 7) is 1.86. The van der Waals surface area contributed by atoms with Crippen molar-refractivity contribution in [2.75, 3.05) is 12.9 Å². The van der Waals surface area contributed by atoms with E-state index < -0.39 is 21.4 Å². The monoisotopic (exact) mass is 304 g/mol. The number of hydrogen-bond donors (Lipinski definition) is 0. The van der Waals surface area contributed by atoms with Crippen LogP contribution in [0.4, 0.5) is 0 Å². The summed E-state index contributed by atoms with van der Waals surface area (Å²) in [5.74, 6) is -0.378. The molecule has 0 aliphatic heterocycles. The first-order valence-electron chi connectivity index (χ1n) is 6.39. The van der Waals surface area contributed by atoms with Crippen molar-refractivity contribution >= 4 is 15.6 Å². The summed E-state index contributed by atoms with van der Waals surface area (Å²) in [6, 6.07) is 12.9. The van der Waals surface area contributed by atoms with Gasteiger partial charge in [0.05, 0.1) is 12.0 Å². The molecule has 2 aromatic rings. The number of hydrogen-bond acceptors (Lipinski definition) is 4. The third kappa shape index (κ3) is 3.70. The van der Waals surface area contributed by atoms with Crippen molar-refractivity contribution in [3.05, 3.63) is 59.7 Å². The third-order valence-corrected chi connectivity index (χ3v) is 4.71. The number of ether oxygens (including phenoxy) is 1. The normalized spacial score (nSPS) is 11.1. The first kappa shape index (κ1) is 15.3. The van der Waals surface area contributed by atoms with Crippen molar-refractivity contribution in [1.82, 2.24) is 0 Å². The lowest BCUT2D eigenvalue weighted by molar-refractivity contribution is 0.102. The predicted molar refractivity (Wildman–Crippen MR) is 80.6 cm³/mol. The maximum Gasteiger partial charge on any atom is 0.185 e. The number of methoxy groups -OCH3 is 1. The quantitative estimate of drug-likeness (QED) is 0.797. The van der Waals surface area contributed by atoms with Crippen molar-refractivity contribution in [3.63, 3.8) is 0 Å². The van der Waals surface area contributed by atoms with E-state index >= 15 is 0 Å². The van der Waals surface area contributed by atoms with Crippen molar-refractivity contribution in [2.45, 2.75) is 11.8 Å². The fourth-order valence-electron chi connectivity index (χ4n) is 1.94. The molecule has 21 heavy (non-hydrogen) atoms. The van der Waals surface area contributed by atoms with E-state index in [1.165, 1.54) is 19.2 Å². The molecule has 2 rings (SSSR count). The standard InChI is InChI=1S/C16H16O4S/c1-12-4-3-5-13(10-12)16(17)11-21(18,19)15-8-6-14(20-2)7-9-15/h3-10H,11H2,1-2H3. The second kappa shape index (κ2) is 6.10. The van der Waals surface area contributed by atoms with E-state index in [9.17, 15) is 13.2 Å². The summed E-state index contributed by atoms with van der Waals surface area (Å²) >= 11 is 0. The van der Waals surface area contributed by atoms with Gasteiger partial charge in [0.2, 0.25) is 0 Å². The second-order valence-electron chi connectivity index (χ2n) is 4.73. The smallest absolute Gasteiger partial charge is 0.185 e. The van der Waals surface area contributed by atoms with Crippen molar-refractivity contribution < 1.29 is 17.9 Å². The molecule has 0 aromatic heterocycles. The van der Waals surface area contributed by atoms with Crippen LogP contribution in [0.5, 0.6) is 5.75 Å². The van der Waals surface area contributed by atoms with Crippen LogP contribution in [0.2, 0.25) is 0 Å². The molecular formula is C16H16O4S. The zero-order chi connectivity index (χ0) is 15.5. The van der Waals surface area contributed by atoms with Crippen LogP contribution in [0.25, 0.3) is 0 Å². The molecule has 0 unspecified atom stereocenters. The Morgan fingerprint density at radius 2 is 1.76 bits per heavy atom. The Labute approximate surface area is 124 Å². The van der Waals surface area contributed by atoms with E-state index in [2.05, 4.69) is 0 Å². The fraction of sp³-hybridized carbons (Fsp3) is 0.188. The lowest BCUT2D eigenvalue weighted by Crippen LogP contribution is -2.16. The zero-order valence-electron chi connectivity index (χ0n) is 11.9. The molecule has 2 aromatic carbocycles. The van der Waals surface area contributed by atoms with E-state index in [4.69, 9.17) is 4.74 Å². The van der Waals surface area contributed by atoms with Gasteiger partial charge in [0.15, 0.2) is 15.6 Å². The minimum Gasteiger partial charge on any atom is -0.497 e. The predicted octanol–water partition coefficient (Wildman–Crippen LogP) is 2.66. The van der Waals surface area contributed by atoms with Gasteiger partial charge in [0, 0.05) is 5.56 Å². The zero-order valence-corrected chi connectivity index (χ0v) is 12.7. The summed E-state index contributed by atoms with van der Waals surface area (Å²) < 4.78 is 29.5. The van der Waals surface area contributed by atoms with Gasteiger partial charge >= 0.3 is 0 Å². The highest BCUT2D eigenvalue weighted by Crippen LogP contribution is 2.18. The van der Waals surface area contributed by atoms with Gasteiger partial charge in [-0.25, -0.2) is 8.42 Å². The average molecular weight is 304 g/mol.